The van der Waals surface area contributed by atoms with Crippen LogP contribution in [0, 0.1) is 11.8 Å². The first-order valence-electron chi connectivity index (χ1n) is 5.89. The van der Waals surface area contributed by atoms with E-state index in [-0.39, 0.29) is 18.2 Å². The molecule has 2 aromatic heterocycles. The van der Waals surface area contributed by atoms with Crippen molar-refractivity contribution in [2.24, 2.45) is 0 Å². The van der Waals surface area contributed by atoms with Gasteiger partial charge in [-0.2, -0.15) is 4.98 Å². The number of hydrogen-bond acceptors (Lipinski definition) is 6. The molecular formula is C13H12N4O3. The fraction of sp³-hybridized carbons (Fsp3) is 0.231. The highest BCUT2D eigenvalue weighted by molar-refractivity contribution is 5.94. The summed E-state index contributed by atoms with van der Waals surface area (Å²) in [6.45, 7) is 0.0928. The molecule has 0 saturated heterocycles. The molecule has 20 heavy (non-hydrogen) atoms. The quantitative estimate of drug-likeness (QED) is 0.746. The number of aliphatic hydroxyl groups excluding tert-OH is 1. The van der Waals surface area contributed by atoms with Gasteiger partial charge in [0.15, 0.2) is 5.82 Å². The van der Waals surface area contributed by atoms with Crippen LogP contribution < -0.4 is 5.32 Å². The molecule has 0 fully saturated rings. The lowest BCUT2D eigenvalue weighted by Gasteiger charge is -2.04. The number of hydrogen-bond donors (Lipinski definition) is 2. The number of aromatic nitrogens is 3. The molecule has 0 atom stereocenters. The number of aliphatic hydroxyl groups is 1. The maximum atomic E-state index is 12.0. The van der Waals surface area contributed by atoms with E-state index < -0.39 is 0 Å². The van der Waals surface area contributed by atoms with Gasteiger partial charge in [-0.25, -0.2) is 4.98 Å². The van der Waals surface area contributed by atoms with Crippen LogP contribution in [0.1, 0.15) is 21.9 Å². The first-order chi connectivity index (χ1) is 9.81. The number of carbonyl (C=O) groups is 1. The van der Waals surface area contributed by atoms with Gasteiger partial charge < -0.3 is 14.9 Å². The number of carbonyl (C=O) groups excluding carboxylic acids is 1. The third-order valence-corrected chi connectivity index (χ3v) is 2.37. The minimum absolute atomic E-state index is 0.224. The third kappa shape index (κ3) is 3.63. The van der Waals surface area contributed by atoms with Crippen LogP contribution in [0.5, 0.6) is 0 Å². The molecular weight excluding hydrogens is 260 g/mol. The van der Waals surface area contributed by atoms with Crippen LogP contribution >= 0.6 is 0 Å². The second kappa shape index (κ2) is 7.01. The lowest BCUT2D eigenvalue weighted by Crippen LogP contribution is -2.27. The summed E-state index contributed by atoms with van der Waals surface area (Å²) in [7, 11) is 0. The fourth-order valence-electron chi connectivity index (χ4n) is 1.50. The third-order valence-electron chi connectivity index (χ3n) is 2.37. The Hall–Kier alpha value is -2.72. The normalized spacial score (nSPS) is 9.65. The SMILES string of the molecule is O=C(NCCc1ncon1)c1ncccc1C#CCO. The Morgan fingerprint density at radius 1 is 1.45 bits per heavy atom. The van der Waals surface area contributed by atoms with E-state index in [4.69, 9.17) is 5.11 Å². The van der Waals surface area contributed by atoms with Crippen LogP contribution in [0.4, 0.5) is 0 Å². The first-order valence-corrected chi connectivity index (χ1v) is 5.89. The van der Waals surface area contributed by atoms with E-state index in [0.717, 1.165) is 0 Å². The Morgan fingerprint density at radius 2 is 2.35 bits per heavy atom. The van der Waals surface area contributed by atoms with Gasteiger partial charge in [-0.3, -0.25) is 4.79 Å². The van der Waals surface area contributed by atoms with Crippen molar-refractivity contribution in [3.8, 4) is 11.8 Å². The molecule has 0 radical (unpaired) electrons. The summed E-state index contributed by atoms with van der Waals surface area (Å²) in [4.78, 5) is 19.8. The molecule has 102 valence electrons. The van der Waals surface area contributed by atoms with Crippen molar-refractivity contribution in [3.05, 3.63) is 41.8 Å². The number of pyridine rings is 1. The van der Waals surface area contributed by atoms with Crippen molar-refractivity contribution in [2.75, 3.05) is 13.2 Å². The molecule has 7 nitrogen and oxygen atoms in total. The molecule has 0 spiro atoms. The Kier molecular flexibility index (Phi) is 4.81. The molecule has 7 heteroatoms. The predicted molar refractivity (Wildman–Crippen MR) is 68.5 cm³/mol. The van der Waals surface area contributed by atoms with Gasteiger partial charge >= 0.3 is 0 Å². The summed E-state index contributed by atoms with van der Waals surface area (Å²) in [6, 6.07) is 3.35. The second-order valence-corrected chi connectivity index (χ2v) is 3.71. The number of nitrogens with zero attached hydrogens (tertiary/aromatic N) is 3. The minimum atomic E-state index is -0.337. The van der Waals surface area contributed by atoms with Crippen molar-refractivity contribution in [3.63, 3.8) is 0 Å². The van der Waals surface area contributed by atoms with Crippen LogP contribution in [0.3, 0.4) is 0 Å². The van der Waals surface area contributed by atoms with Crippen molar-refractivity contribution >= 4 is 5.91 Å². The van der Waals surface area contributed by atoms with Gasteiger partial charge in [0, 0.05) is 19.2 Å². The van der Waals surface area contributed by atoms with Crippen molar-refractivity contribution < 1.29 is 14.4 Å². The van der Waals surface area contributed by atoms with Gasteiger partial charge in [0.2, 0.25) is 6.39 Å². The van der Waals surface area contributed by atoms with Crippen LogP contribution in [-0.4, -0.2) is 39.3 Å². The average Bonchev–Trinajstić information content (AvgIpc) is 2.98. The maximum absolute atomic E-state index is 12.0. The van der Waals surface area contributed by atoms with Crippen LogP contribution in [-0.2, 0) is 6.42 Å². The summed E-state index contributed by atoms with van der Waals surface area (Å²) in [5.41, 5.74) is 0.695. The molecule has 0 aliphatic rings. The molecule has 0 unspecified atom stereocenters. The Bertz CT molecular complexity index is 629. The zero-order chi connectivity index (χ0) is 14.2. The van der Waals surface area contributed by atoms with E-state index in [2.05, 4.69) is 36.8 Å². The lowest BCUT2D eigenvalue weighted by atomic mass is 10.2. The number of rotatable bonds is 4. The van der Waals surface area contributed by atoms with Gasteiger partial charge in [0.05, 0.1) is 5.56 Å². The van der Waals surface area contributed by atoms with Gasteiger partial charge in [-0.05, 0) is 12.1 Å². The predicted octanol–water partition coefficient (Wildman–Crippen LogP) is -0.219. The number of nitrogens with one attached hydrogen (secondary N) is 1. The monoisotopic (exact) mass is 272 g/mol. The minimum Gasteiger partial charge on any atom is -0.384 e. The molecule has 0 bridgehead atoms. The molecule has 0 aromatic carbocycles. The van der Waals surface area contributed by atoms with Gasteiger partial charge in [0.1, 0.15) is 12.3 Å². The molecule has 1 amide bonds. The van der Waals surface area contributed by atoms with E-state index in [0.29, 0.717) is 24.4 Å². The largest absolute Gasteiger partial charge is 0.384 e. The topological polar surface area (TPSA) is 101 Å². The van der Waals surface area contributed by atoms with E-state index in [1.807, 2.05) is 0 Å². The molecule has 2 rings (SSSR count). The van der Waals surface area contributed by atoms with Crippen molar-refractivity contribution in [2.45, 2.75) is 6.42 Å². The maximum Gasteiger partial charge on any atom is 0.271 e. The van der Waals surface area contributed by atoms with Gasteiger partial charge in [-0.15, -0.1) is 0 Å². The molecule has 0 saturated carbocycles. The summed E-state index contributed by atoms with van der Waals surface area (Å²) in [5.74, 6) is 5.36. The standard InChI is InChI=1S/C13H12N4O3/c18-8-2-4-10-3-1-6-14-12(10)13(19)15-7-5-11-16-9-20-17-11/h1,3,6,9,18H,5,7-8H2,(H,15,19). The first kappa shape index (κ1) is 13.7. The van der Waals surface area contributed by atoms with Crippen molar-refractivity contribution in [1.29, 1.82) is 0 Å². The Morgan fingerprint density at radius 3 is 3.10 bits per heavy atom. The smallest absolute Gasteiger partial charge is 0.271 e. The van der Waals surface area contributed by atoms with Crippen LogP contribution in [0.25, 0.3) is 0 Å². The molecule has 0 aliphatic heterocycles. The zero-order valence-electron chi connectivity index (χ0n) is 10.5. The van der Waals surface area contributed by atoms with Crippen LogP contribution in [0.2, 0.25) is 0 Å². The van der Waals surface area contributed by atoms with E-state index in [1.54, 1.807) is 12.1 Å². The zero-order valence-corrected chi connectivity index (χ0v) is 10.5. The van der Waals surface area contributed by atoms with E-state index in [1.165, 1.54) is 12.6 Å². The summed E-state index contributed by atoms with van der Waals surface area (Å²) >= 11 is 0. The summed E-state index contributed by atoms with van der Waals surface area (Å²) in [6.07, 6.45) is 3.21. The summed E-state index contributed by atoms with van der Waals surface area (Å²) < 4.78 is 4.59. The lowest BCUT2D eigenvalue weighted by molar-refractivity contribution is 0.0948. The second-order valence-electron chi connectivity index (χ2n) is 3.71. The molecule has 2 aromatic rings. The van der Waals surface area contributed by atoms with E-state index >= 15 is 0 Å². The Labute approximate surface area is 115 Å². The van der Waals surface area contributed by atoms with Crippen LogP contribution in [0.15, 0.2) is 29.2 Å². The fourth-order valence-corrected chi connectivity index (χ4v) is 1.50. The highest BCUT2D eigenvalue weighted by atomic mass is 16.5. The molecule has 0 aliphatic carbocycles. The highest BCUT2D eigenvalue weighted by Gasteiger charge is 2.11. The van der Waals surface area contributed by atoms with Gasteiger partial charge in [0.25, 0.3) is 5.91 Å². The van der Waals surface area contributed by atoms with Gasteiger partial charge in [-0.1, -0.05) is 17.0 Å². The Balaban J connectivity index is 1.98. The average molecular weight is 272 g/mol. The van der Waals surface area contributed by atoms with E-state index in [9.17, 15) is 4.79 Å². The molecule has 2 N–H and O–H groups in total. The molecule has 2 heterocycles. The van der Waals surface area contributed by atoms with Crippen molar-refractivity contribution in [1.82, 2.24) is 20.4 Å². The highest BCUT2D eigenvalue weighted by Crippen LogP contribution is 2.03. The summed E-state index contributed by atoms with van der Waals surface area (Å²) in [5, 5.41) is 15.0. The number of amides is 1.